The minimum atomic E-state index is 0.327. The molecular formula is C11H13NO. The topological polar surface area (TPSA) is 25.2 Å². The van der Waals surface area contributed by atoms with E-state index in [2.05, 4.69) is 18.4 Å². The summed E-state index contributed by atoms with van der Waals surface area (Å²) in [5.41, 5.74) is 3.63. The van der Waals surface area contributed by atoms with E-state index in [1.807, 2.05) is 13.1 Å². The summed E-state index contributed by atoms with van der Waals surface area (Å²) in [6.07, 6.45) is 0. The predicted octanol–water partition coefficient (Wildman–Crippen LogP) is 2.50. The monoisotopic (exact) mass is 175 g/mol. The summed E-state index contributed by atoms with van der Waals surface area (Å²) in [5, 5.41) is 10.6. The lowest BCUT2D eigenvalue weighted by Crippen LogP contribution is -1.89. The zero-order valence-corrected chi connectivity index (χ0v) is 8.13. The maximum atomic E-state index is 9.34. The highest BCUT2D eigenvalue weighted by molar-refractivity contribution is 5.86. The molecule has 0 saturated carbocycles. The Morgan fingerprint density at radius 3 is 2.62 bits per heavy atom. The van der Waals surface area contributed by atoms with Crippen LogP contribution in [0.5, 0.6) is 5.75 Å². The number of nitrogens with zero attached hydrogens (tertiary/aromatic N) is 1. The average molecular weight is 175 g/mol. The lowest BCUT2D eigenvalue weighted by atomic mass is 10.1. The molecule has 0 aliphatic heterocycles. The number of fused-ring (bicyclic) bond motifs is 1. The van der Waals surface area contributed by atoms with E-state index in [0.717, 1.165) is 5.52 Å². The quantitative estimate of drug-likeness (QED) is 0.653. The predicted molar refractivity (Wildman–Crippen MR) is 54.1 cm³/mol. The van der Waals surface area contributed by atoms with Crippen LogP contribution in [0.1, 0.15) is 11.3 Å². The van der Waals surface area contributed by atoms with Crippen molar-refractivity contribution in [2.45, 2.75) is 13.8 Å². The Labute approximate surface area is 77.4 Å². The Morgan fingerprint density at radius 2 is 1.92 bits per heavy atom. The van der Waals surface area contributed by atoms with Crippen molar-refractivity contribution in [3.05, 3.63) is 29.5 Å². The zero-order valence-electron chi connectivity index (χ0n) is 8.13. The van der Waals surface area contributed by atoms with Crippen LogP contribution in [0.3, 0.4) is 0 Å². The average Bonchev–Trinajstić information content (AvgIpc) is 2.32. The molecule has 1 aromatic carbocycles. The molecule has 0 aliphatic rings. The second-order valence-corrected chi connectivity index (χ2v) is 3.47. The van der Waals surface area contributed by atoms with Crippen LogP contribution >= 0.6 is 0 Å². The maximum absolute atomic E-state index is 9.34. The number of benzene rings is 1. The highest BCUT2D eigenvalue weighted by atomic mass is 16.3. The summed E-state index contributed by atoms with van der Waals surface area (Å²) < 4.78 is 2.10. The molecule has 0 bridgehead atoms. The van der Waals surface area contributed by atoms with Crippen molar-refractivity contribution < 1.29 is 5.11 Å². The molecule has 1 N–H and O–H groups in total. The van der Waals surface area contributed by atoms with E-state index in [1.54, 1.807) is 12.1 Å². The Bertz CT molecular complexity index is 468. The lowest BCUT2D eigenvalue weighted by Gasteiger charge is -1.98. The molecule has 13 heavy (non-hydrogen) atoms. The van der Waals surface area contributed by atoms with E-state index in [0.29, 0.717) is 5.75 Å². The Balaban J connectivity index is 2.95. The molecule has 2 nitrogen and oxygen atoms in total. The van der Waals surface area contributed by atoms with Gasteiger partial charge in [-0.1, -0.05) is 0 Å². The molecular weight excluding hydrogens is 162 g/mol. The standard InChI is InChI=1S/C11H13NO/c1-7-8(2)12(3)11-6-9(13)4-5-10(7)11/h4-6,13H,1-3H3. The van der Waals surface area contributed by atoms with Crippen LogP contribution in [0.2, 0.25) is 0 Å². The number of hydrogen-bond acceptors (Lipinski definition) is 1. The van der Waals surface area contributed by atoms with Gasteiger partial charge in [-0.25, -0.2) is 0 Å². The van der Waals surface area contributed by atoms with Crippen LogP contribution in [0.4, 0.5) is 0 Å². The molecule has 0 amide bonds. The van der Waals surface area contributed by atoms with Gasteiger partial charge < -0.3 is 9.67 Å². The minimum Gasteiger partial charge on any atom is -0.508 e. The van der Waals surface area contributed by atoms with Gasteiger partial charge in [-0.05, 0) is 31.5 Å². The van der Waals surface area contributed by atoms with Crippen LogP contribution in [0, 0.1) is 13.8 Å². The van der Waals surface area contributed by atoms with Gasteiger partial charge in [0.2, 0.25) is 0 Å². The van der Waals surface area contributed by atoms with E-state index in [4.69, 9.17) is 0 Å². The van der Waals surface area contributed by atoms with Crippen LogP contribution in [0.15, 0.2) is 18.2 Å². The molecule has 2 rings (SSSR count). The first kappa shape index (κ1) is 8.17. The first-order valence-corrected chi connectivity index (χ1v) is 4.36. The largest absolute Gasteiger partial charge is 0.508 e. The van der Waals surface area contributed by atoms with E-state index in [1.165, 1.54) is 16.6 Å². The Kier molecular flexibility index (Phi) is 1.59. The van der Waals surface area contributed by atoms with E-state index in [9.17, 15) is 5.11 Å². The summed E-state index contributed by atoms with van der Waals surface area (Å²) in [6, 6.07) is 5.50. The number of phenolic OH excluding ortho intramolecular Hbond substituents is 1. The van der Waals surface area contributed by atoms with Gasteiger partial charge in [0, 0.05) is 24.2 Å². The number of aromatic nitrogens is 1. The van der Waals surface area contributed by atoms with Crippen LogP contribution in [-0.2, 0) is 7.05 Å². The lowest BCUT2D eigenvalue weighted by molar-refractivity contribution is 0.476. The van der Waals surface area contributed by atoms with Crippen molar-refractivity contribution in [3.63, 3.8) is 0 Å². The van der Waals surface area contributed by atoms with Crippen molar-refractivity contribution in [2.75, 3.05) is 0 Å². The van der Waals surface area contributed by atoms with Crippen LogP contribution < -0.4 is 0 Å². The Hall–Kier alpha value is -1.44. The first-order valence-electron chi connectivity index (χ1n) is 4.36. The van der Waals surface area contributed by atoms with Crippen molar-refractivity contribution in [3.8, 4) is 5.75 Å². The molecule has 0 atom stereocenters. The van der Waals surface area contributed by atoms with Crippen molar-refractivity contribution in [1.29, 1.82) is 0 Å². The third kappa shape index (κ3) is 1.02. The minimum absolute atomic E-state index is 0.327. The number of hydrogen-bond donors (Lipinski definition) is 1. The molecule has 1 heterocycles. The zero-order chi connectivity index (χ0) is 9.59. The third-order valence-electron chi connectivity index (χ3n) is 2.79. The van der Waals surface area contributed by atoms with Crippen LogP contribution in [-0.4, -0.2) is 9.67 Å². The van der Waals surface area contributed by atoms with Gasteiger partial charge in [0.05, 0.1) is 5.52 Å². The number of aromatic hydroxyl groups is 1. The molecule has 2 heteroatoms. The van der Waals surface area contributed by atoms with Gasteiger partial charge in [-0.15, -0.1) is 0 Å². The molecule has 0 saturated heterocycles. The Morgan fingerprint density at radius 1 is 1.23 bits per heavy atom. The fourth-order valence-electron chi connectivity index (χ4n) is 1.74. The summed E-state index contributed by atoms with van der Waals surface area (Å²) in [6.45, 7) is 4.20. The molecule has 0 spiro atoms. The summed E-state index contributed by atoms with van der Waals surface area (Å²) in [5.74, 6) is 0.327. The number of rotatable bonds is 0. The van der Waals surface area contributed by atoms with Crippen molar-refractivity contribution in [2.24, 2.45) is 7.05 Å². The smallest absolute Gasteiger partial charge is 0.117 e. The summed E-state index contributed by atoms with van der Waals surface area (Å²) in [4.78, 5) is 0. The third-order valence-corrected chi connectivity index (χ3v) is 2.79. The molecule has 0 fully saturated rings. The molecule has 1 aromatic heterocycles. The van der Waals surface area contributed by atoms with Gasteiger partial charge in [-0.3, -0.25) is 0 Å². The molecule has 0 unspecified atom stereocenters. The molecule has 0 aliphatic carbocycles. The highest BCUT2D eigenvalue weighted by Crippen LogP contribution is 2.26. The maximum Gasteiger partial charge on any atom is 0.117 e. The number of phenols is 1. The van der Waals surface area contributed by atoms with E-state index in [-0.39, 0.29) is 0 Å². The highest BCUT2D eigenvalue weighted by Gasteiger charge is 2.07. The van der Waals surface area contributed by atoms with E-state index < -0.39 is 0 Å². The molecule has 2 aromatic rings. The second kappa shape index (κ2) is 2.52. The van der Waals surface area contributed by atoms with Crippen molar-refractivity contribution in [1.82, 2.24) is 4.57 Å². The fraction of sp³-hybridized carbons (Fsp3) is 0.273. The SMILES string of the molecule is Cc1c(C)n(C)c2cc(O)ccc12. The summed E-state index contributed by atoms with van der Waals surface area (Å²) >= 11 is 0. The van der Waals surface area contributed by atoms with Gasteiger partial charge in [-0.2, -0.15) is 0 Å². The first-order chi connectivity index (χ1) is 6.11. The van der Waals surface area contributed by atoms with E-state index >= 15 is 0 Å². The molecule has 68 valence electrons. The fourth-order valence-corrected chi connectivity index (χ4v) is 1.74. The van der Waals surface area contributed by atoms with Crippen LogP contribution in [0.25, 0.3) is 10.9 Å². The molecule has 0 radical (unpaired) electrons. The number of aryl methyl sites for hydroxylation is 2. The van der Waals surface area contributed by atoms with Gasteiger partial charge in [0.25, 0.3) is 0 Å². The van der Waals surface area contributed by atoms with Gasteiger partial charge in [0.1, 0.15) is 5.75 Å². The summed E-state index contributed by atoms with van der Waals surface area (Å²) in [7, 11) is 2.02. The van der Waals surface area contributed by atoms with Crippen molar-refractivity contribution >= 4 is 10.9 Å². The van der Waals surface area contributed by atoms with Gasteiger partial charge >= 0.3 is 0 Å². The normalized spacial score (nSPS) is 11.0. The van der Waals surface area contributed by atoms with Gasteiger partial charge in [0.15, 0.2) is 0 Å². The second-order valence-electron chi connectivity index (χ2n) is 3.47.